The van der Waals surface area contributed by atoms with Crippen molar-refractivity contribution in [3.63, 3.8) is 0 Å². The molecular weight excluding hydrogens is 330 g/mol. The van der Waals surface area contributed by atoms with Gasteiger partial charge in [-0.2, -0.15) is 0 Å². The standard InChI is InChI=1S/C20H27N3O3/c1-15-13-16-7-5-6-8-17(16)23(15)14-18(24)21-9-11-22(12-10-21)19(25)26-20(2,3)4/h5-8,13H,9-12,14H2,1-4H3. The monoisotopic (exact) mass is 357 g/mol. The van der Waals surface area contributed by atoms with E-state index < -0.39 is 5.60 Å². The lowest BCUT2D eigenvalue weighted by molar-refractivity contribution is -0.133. The molecule has 2 heterocycles. The van der Waals surface area contributed by atoms with Gasteiger partial charge in [-0.15, -0.1) is 0 Å². The first kappa shape index (κ1) is 18.3. The van der Waals surface area contributed by atoms with Gasteiger partial charge in [0.25, 0.3) is 0 Å². The molecule has 1 aliphatic rings. The number of nitrogens with zero attached hydrogens (tertiary/aromatic N) is 3. The summed E-state index contributed by atoms with van der Waals surface area (Å²) in [5.74, 6) is 0.0818. The Bertz CT molecular complexity index is 811. The SMILES string of the molecule is Cc1cc2ccccc2n1CC(=O)N1CCN(C(=O)OC(C)(C)C)CC1. The zero-order valence-corrected chi connectivity index (χ0v) is 16.0. The Kier molecular flexibility index (Phi) is 4.94. The van der Waals surface area contributed by atoms with Crippen LogP contribution in [0.15, 0.2) is 30.3 Å². The van der Waals surface area contributed by atoms with E-state index in [1.165, 1.54) is 0 Å². The molecule has 2 amide bonds. The summed E-state index contributed by atoms with van der Waals surface area (Å²) in [6.45, 7) is 10.0. The zero-order chi connectivity index (χ0) is 18.9. The van der Waals surface area contributed by atoms with E-state index in [0.717, 1.165) is 16.6 Å². The summed E-state index contributed by atoms with van der Waals surface area (Å²) in [5, 5.41) is 1.15. The first-order valence-corrected chi connectivity index (χ1v) is 9.05. The van der Waals surface area contributed by atoms with Gasteiger partial charge in [0.2, 0.25) is 5.91 Å². The third kappa shape index (κ3) is 4.00. The molecule has 1 aromatic heterocycles. The quantitative estimate of drug-likeness (QED) is 0.830. The minimum absolute atomic E-state index is 0.0818. The van der Waals surface area contributed by atoms with Crippen LogP contribution in [0.3, 0.4) is 0 Å². The van der Waals surface area contributed by atoms with Gasteiger partial charge in [-0.3, -0.25) is 4.79 Å². The largest absolute Gasteiger partial charge is 0.444 e. The highest BCUT2D eigenvalue weighted by molar-refractivity contribution is 5.84. The number of para-hydroxylation sites is 1. The summed E-state index contributed by atoms with van der Waals surface area (Å²) < 4.78 is 7.45. The molecule has 0 bridgehead atoms. The van der Waals surface area contributed by atoms with E-state index in [4.69, 9.17) is 4.74 Å². The zero-order valence-electron chi connectivity index (χ0n) is 16.0. The van der Waals surface area contributed by atoms with Gasteiger partial charge in [-0.1, -0.05) is 18.2 Å². The Balaban J connectivity index is 1.60. The third-order valence-corrected chi connectivity index (χ3v) is 4.60. The molecule has 2 aromatic rings. The maximum Gasteiger partial charge on any atom is 0.410 e. The maximum absolute atomic E-state index is 12.7. The lowest BCUT2D eigenvalue weighted by Crippen LogP contribution is -2.52. The molecule has 1 aliphatic heterocycles. The number of hydrogen-bond donors (Lipinski definition) is 0. The summed E-state index contributed by atoms with van der Waals surface area (Å²) in [6, 6.07) is 10.2. The van der Waals surface area contributed by atoms with Crippen molar-refractivity contribution in [3.8, 4) is 0 Å². The van der Waals surface area contributed by atoms with Gasteiger partial charge >= 0.3 is 6.09 Å². The van der Waals surface area contributed by atoms with Crippen LogP contribution in [-0.4, -0.2) is 58.1 Å². The highest BCUT2D eigenvalue weighted by Crippen LogP contribution is 2.19. The molecule has 0 saturated carbocycles. The van der Waals surface area contributed by atoms with Crippen molar-refractivity contribution in [1.82, 2.24) is 14.4 Å². The topological polar surface area (TPSA) is 54.8 Å². The molecule has 0 atom stereocenters. The van der Waals surface area contributed by atoms with Gasteiger partial charge in [0.05, 0.1) is 0 Å². The molecule has 0 unspecified atom stereocenters. The highest BCUT2D eigenvalue weighted by Gasteiger charge is 2.27. The fourth-order valence-corrected chi connectivity index (χ4v) is 3.26. The number of carbonyl (C=O) groups is 2. The van der Waals surface area contributed by atoms with E-state index in [1.807, 2.05) is 50.8 Å². The summed E-state index contributed by atoms with van der Waals surface area (Å²) in [4.78, 5) is 28.4. The third-order valence-electron chi connectivity index (χ3n) is 4.60. The summed E-state index contributed by atoms with van der Waals surface area (Å²) in [6.07, 6.45) is -0.308. The predicted molar refractivity (Wildman–Crippen MR) is 101 cm³/mol. The molecule has 6 nitrogen and oxygen atoms in total. The minimum atomic E-state index is -0.503. The van der Waals surface area contributed by atoms with Gasteiger partial charge in [-0.05, 0) is 45.2 Å². The van der Waals surface area contributed by atoms with Crippen molar-refractivity contribution in [2.24, 2.45) is 0 Å². The summed E-state index contributed by atoms with van der Waals surface area (Å²) >= 11 is 0. The number of aromatic nitrogens is 1. The number of benzene rings is 1. The summed E-state index contributed by atoms with van der Waals surface area (Å²) in [5.41, 5.74) is 1.65. The first-order valence-electron chi connectivity index (χ1n) is 9.05. The van der Waals surface area contributed by atoms with Crippen molar-refractivity contribution in [1.29, 1.82) is 0 Å². The molecular formula is C20H27N3O3. The number of piperazine rings is 1. The van der Waals surface area contributed by atoms with E-state index in [2.05, 4.69) is 16.7 Å². The highest BCUT2D eigenvalue weighted by atomic mass is 16.6. The number of carbonyl (C=O) groups excluding carboxylic acids is 2. The van der Waals surface area contributed by atoms with E-state index >= 15 is 0 Å². The van der Waals surface area contributed by atoms with Crippen LogP contribution in [-0.2, 0) is 16.1 Å². The summed E-state index contributed by atoms with van der Waals surface area (Å²) in [7, 11) is 0. The van der Waals surface area contributed by atoms with Crippen LogP contribution in [0.25, 0.3) is 10.9 Å². The molecule has 3 rings (SSSR count). The van der Waals surface area contributed by atoms with Crippen LogP contribution in [0.2, 0.25) is 0 Å². The van der Waals surface area contributed by atoms with E-state index in [0.29, 0.717) is 32.7 Å². The Hall–Kier alpha value is -2.50. The second-order valence-electron chi connectivity index (χ2n) is 7.78. The Labute approximate surface area is 154 Å². The van der Waals surface area contributed by atoms with E-state index in [9.17, 15) is 9.59 Å². The second kappa shape index (κ2) is 7.02. The molecule has 0 aliphatic carbocycles. The van der Waals surface area contributed by atoms with Crippen LogP contribution >= 0.6 is 0 Å². The number of ether oxygens (including phenoxy) is 1. The van der Waals surface area contributed by atoms with Crippen LogP contribution < -0.4 is 0 Å². The second-order valence-corrected chi connectivity index (χ2v) is 7.78. The normalized spacial score (nSPS) is 15.4. The Morgan fingerprint density at radius 1 is 1.04 bits per heavy atom. The van der Waals surface area contributed by atoms with Crippen molar-refractivity contribution < 1.29 is 14.3 Å². The van der Waals surface area contributed by atoms with Crippen LogP contribution in [0.4, 0.5) is 4.79 Å². The molecule has 26 heavy (non-hydrogen) atoms. The van der Waals surface area contributed by atoms with Gasteiger partial charge in [0, 0.05) is 37.4 Å². The lowest BCUT2D eigenvalue weighted by atomic mass is 10.2. The van der Waals surface area contributed by atoms with Gasteiger partial charge in [0.1, 0.15) is 12.1 Å². The Morgan fingerprint density at radius 2 is 1.65 bits per heavy atom. The minimum Gasteiger partial charge on any atom is -0.444 e. The van der Waals surface area contributed by atoms with Gasteiger partial charge in [0.15, 0.2) is 0 Å². The molecule has 1 saturated heterocycles. The van der Waals surface area contributed by atoms with Crippen molar-refractivity contribution in [3.05, 3.63) is 36.0 Å². The van der Waals surface area contributed by atoms with Gasteiger partial charge in [-0.25, -0.2) is 4.79 Å². The average molecular weight is 357 g/mol. The van der Waals surface area contributed by atoms with E-state index in [-0.39, 0.29) is 12.0 Å². The fraction of sp³-hybridized carbons (Fsp3) is 0.500. The number of amides is 2. The first-order chi connectivity index (χ1) is 12.2. The van der Waals surface area contributed by atoms with Crippen molar-refractivity contribution >= 4 is 22.9 Å². The Morgan fingerprint density at radius 3 is 2.31 bits per heavy atom. The fourth-order valence-electron chi connectivity index (χ4n) is 3.26. The maximum atomic E-state index is 12.7. The van der Waals surface area contributed by atoms with Crippen LogP contribution in [0, 0.1) is 6.92 Å². The molecule has 0 radical (unpaired) electrons. The van der Waals surface area contributed by atoms with Crippen molar-refractivity contribution in [2.45, 2.75) is 39.8 Å². The predicted octanol–water partition coefficient (Wildman–Crippen LogP) is 3.03. The number of rotatable bonds is 2. The van der Waals surface area contributed by atoms with Gasteiger partial charge < -0.3 is 19.1 Å². The number of fused-ring (bicyclic) bond motifs is 1. The molecule has 140 valence electrons. The van der Waals surface area contributed by atoms with Crippen LogP contribution in [0.5, 0.6) is 0 Å². The molecule has 1 aromatic carbocycles. The molecule has 0 spiro atoms. The lowest BCUT2D eigenvalue weighted by Gasteiger charge is -2.35. The molecule has 1 fully saturated rings. The van der Waals surface area contributed by atoms with Crippen molar-refractivity contribution in [2.75, 3.05) is 26.2 Å². The van der Waals surface area contributed by atoms with E-state index in [1.54, 1.807) is 4.90 Å². The number of hydrogen-bond acceptors (Lipinski definition) is 3. The molecule has 0 N–H and O–H groups in total. The van der Waals surface area contributed by atoms with Crippen LogP contribution in [0.1, 0.15) is 26.5 Å². The smallest absolute Gasteiger partial charge is 0.410 e. The molecule has 6 heteroatoms. The average Bonchev–Trinajstić information content (AvgIpc) is 2.89. The number of aryl methyl sites for hydroxylation is 1.